The van der Waals surface area contributed by atoms with Gasteiger partial charge >= 0.3 is 0 Å². The van der Waals surface area contributed by atoms with Gasteiger partial charge in [0.1, 0.15) is 23.1 Å². The minimum atomic E-state index is -1.60. The van der Waals surface area contributed by atoms with Crippen molar-refractivity contribution < 1.29 is 14.5 Å². The Labute approximate surface area is 159 Å². The second-order valence-electron chi connectivity index (χ2n) is 5.87. The van der Waals surface area contributed by atoms with Gasteiger partial charge in [-0.3, -0.25) is 4.79 Å². The standard InChI is InChI=1S/C19H18N4O3S/c1-12-5-6-16(18-17(12)14(10-20)11-22-18)23-27(26)15-4-2-3-13(9-15)19(25)21-7-8-24/h2-6,9,11,22-24H,7-8H2,1H3,(H,21,25). The van der Waals surface area contributed by atoms with Gasteiger partial charge in [0.15, 0.2) is 4.90 Å². The van der Waals surface area contributed by atoms with Gasteiger partial charge in [0.25, 0.3) is 5.91 Å². The summed E-state index contributed by atoms with van der Waals surface area (Å²) in [5, 5.41) is 21.4. The number of aliphatic hydroxyl groups is 1. The molecule has 0 fully saturated rings. The van der Waals surface area contributed by atoms with Crippen LogP contribution >= 0.6 is 0 Å². The second kappa shape index (κ2) is 8.14. The van der Waals surface area contributed by atoms with Crippen LogP contribution in [0.2, 0.25) is 0 Å². The highest BCUT2D eigenvalue weighted by Gasteiger charge is 2.18. The summed E-state index contributed by atoms with van der Waals surface area (Å²) in [7, 11) is 0. The highest BCUT2D eigenvalue weighted by Crippen LogP contribution is 2.30. The van der Waals surface area contributed by atoms with E-state index in [0.717, 1.165) is 10.9 Å². The number of rotatable bonds is 6. The van der Waals surface area contributed by atoms with E-state index in [4.69, 9.17) is 5.11 Å². The van der Waals surface area contributed by atoms with Crippen LogP contribution in [0.3, 0.4) is 0 Å². The van der Waals surface area contributed by atoms with Crippen LogP contribution in [-0.4, -0.2) is 33.7 Å². The topological polar surface area (TPSA) is 124 Å². The molecule has 0 aliphatic heterocycles. The zero-order valence-electron chi connectivity index (χ0n) is 14.6. The maximum absolute atomic E-state index is 12.8. The lowest BCUT2D eigenvalue weighted by atomic mass is 10.1. The van der Waals surface area contributed by atoms with Gasteiger partial charge in [-0.25, -0.2) is 4.72 Å². The molecule has 4 N–H and O–H groups in total. The summed E-state index contributed by atoms with van der Waals surface area (Å²) in [6.07, 6.45) is 1.62. The molecule has 0 bridgehead atoms. The fraction of sp³-hybridized carbons (Fsp3) is 0.158. The first kappa shape index (κ1) is 18.8. The van der Waals surface area contributed by atoms with Crippen LogP contribution < -0.4 is 10.0 Å². The van der Waals surface area contributed by atoms with Gasteiger partial charge in [-0.1, -0.05) is 12.1 Å². The first-order valence-electron chi connectivity index (χ1n) is 8.23. The average Bonchev–Trinajstić information content (AvgIpc) is 3.13. The molecule has 0 spiro atoms. The number of nitrogens with zero attached hydrogens (tertiary/aromatic N) is 1. The second-order valence-corrected chi connectivity index (χ2v) is 7.09. The number of amides is 1. The van der Waals surface area contributed by atoms with Gasteiger partial charge in [-0.2, -0.15) is 5.26 Å². The number of hydrogen-bond acceptors (Lipinski definition) is 5. The lowest BCUT2D eigenvalue weighted by Crippen LogP contribution is -2.26. The highest BCUT2D eigenvalue weighted by atomic mass is 32.2. The van der Waals surface area contributed by atoms with Gasteiger partial charge in [0.05, 0.1) is 17.7 Å². The largest absolute Gasteiger partial charge is 0.588 e. The number of aryl methyl sites for hydroxylation is 1. The first-order chi connectivity index (χ1) is 13.0. The molecule has 7 nitrogen and oxygen atoms in total. The zero-order chi connectivity index (χ0) is 19.4. The minimum absolute atomic E-state index is 0.150. The number of aromatic nitrogens is 1. The van der Waals surface area contributed by atoms with E-state index >= 15 is 0 Å². The Morgan fingerprint density at radius 2 is 2.19 bits per heavy atom. The number of aromatic amines is 1. The molecule has 138 valence electrons. The Kier molecular flexibility index (Phi) is 5.66. The average molecular weight is 382 g/mol. The molecule has 1 aromatic heterocycles. The molecular weight excluding hydrogens is 364 g/mol. The summed E-state index contributed by atoms with van der Waals surface area (Å²) >= 11 is -1.60. The predicted octanol–water partition coefficient (Wildman–Crippen LogP) is 2.20. The number of hydrogen-bond donors (Lipinski definition) is 4. The molecule has 0 saturated carbocycles. The van der Waals surface area contributed by atoms with Crippen molar-refractivity contribution in [3.05, 3.63) is 59.3 Å². The zero-order valence-corrected chi connectivity index (χ0v) is 15.4. The number of fused-ring (bicyclic) bond motifs is 1. The quantitative estimate of drug-likeness (QED) is 0.487. The highest BCUT2D eigenvalue weighted by molar-refractivity contribution is 7.92. The molecule has 2 aromatic carbocycles. The van der Waals surface area contributed by atoms with Gasteiger partial charge in [0.2, 0.25) is 0 Å². The molecule has 3 aromatic rings. The monoisotopic (exact) mass is 382 g/mol. The van der Waals surface area contributed by atoms with Gasteiger partial charge in [-0.05, 0) is 30.7 Å². The molecule has 27 heavy (non-hydrogen) atoms. The third-order valence-electron chi connectivity index (χ3n) is 4.07. The predicted molar refractivity (Wildman–Crippen MR) is 104 cm³/mol. The molecule has 3 rings (SSSR count). The Morgan fingerprint density at radius 1 is 1.37 bits per heavy atom. The van der Waals surface area contributed by atoms with E-state index < -0.39 is 11.4 Å². The van der Waals surface area contributed by atoms with E-state index in [0.29, 0.717) is 27.2 Å². The molecule has 0 aliphatic rings. The van der Waals surface area contributed by atoms with Crippen LogP contribution in [0.25, 0.3) is 10.9 Å². The molecule has 0 aliphatic carbocycles. The number of nitriles is 1. The van der Waals surface area contributed by atoms with Crippen molar-refractivity contribution >= 4 is 33.9 Å². The Balaban J connectivity index is 1.86. The van der Waals surface area contributed by atoms with Crippen LogP contribution in [-0.2, 0) is 11.4 Å². The maximum atomic E-state index is 12.8. The van der Waals surface area contributed by atoms with E-state index in [1.165, 1.54) is 6.07 Å². The van der Waals surface area contributed by atoms with Gasteiger partial charge in [0, 0.05) is 29.8 Å². The van der Waals surface area contributed by atoms with E-state index in [-0.39, 0.29) is 19.1 Å². The van der Waals surface area contributed by atoms with Crippen LogP contribution in [0.4, 0.5) is 5.69 Å². The van der Waals surface area contributed by atoms with Crippen molar-refractivity contribution in [2.24, 2.45) is 0 Å². The van der Waals surface area contributed by atoms with E-state index in [1.54, 1.807) is 30.5 Å². The van der Waals surface area contributed by atoms with Crippen LogP contribution in [0, 0.1) is 18.3 Å². The fourth-order valence-electron chi connectivity index (χ4n) is 2.78. The summed E-state index contributed by atoms with van der Waals surface area (Å²) in [6, 6.07) is 12.3. The fourth-order valence-corrected chi connectivity index (χ4v) is 3.70. The molecule has 8 heteroatoms. The number of benzene rings is 2. The third-order valence-corrected chi connectivity index (χ3v) is 5.16. The summed E-state index contributed by atoms with van der Waals surface area (Å²) in [4.78, 5) is 15.5. The normalized spacial score (nSPS) is 11.8. The Morgan fingerprint density at radius 3 is 2.93 bits per heavy atom. The number of carbonyl (C=O) groups excluding carboxylic acids is 1. The first-order valence-corrected chi connectivity index (χ1v) is 9.38. The number of nitrogens with one attached hydrogen (secondary N) is 3. The maximum Gasteiger partial charge on any atom is 0.251 e. The molecule has 1 heterocycles. The van der Waals surface area contributed by atoms with Crippen molar-refractivity contribution in [1.82, 2.24) is 10.3 Å². The van der Waals surface area contributed by atoms with Crippen molar-refractivity contribution in [3.63, 3.8) is 0 Å². The van der Waals surface area contributed by atoms with E-state index in [2.05, 4.69) is 21.1 Å². The Bertz CT molecular complexity index is 1030. The van der Waals surface area contributed by atoms with Crippen LogP contribution in [0.15, 0.2) is 47.5 Å². The van der Waals surface area contributed by atoms with Crippen molar-refractivity contribution in [3.8, 4) is 6.07 Å². The number of aliphatic hydroxyl groups excluding tert-OH is 1. The molecule has 1 amide bonds. The molecular formula is C19H18N4O3S. The van der Waals surface area contributed by atoms with Crippen molar-refractivity contribution in [1.29, 1.82) is 5.26 Å². The van der Waals surface area contributed by atoms with Crippen molar-refractivity contribution in [2.45, 2.75) is 11.8 Å². The molecule has 0 saturated heterocycles. The molecule has 1 unspecified atom stereocenters. The van der Waals surface area contributed by atoms with E-state index in [9.17, 15) is 14.6 Å². The smallest absolute Gasteiger partial charge is 0.251 e. The summed E-state index contributed by atoms with van der Waals surface area (Å²) in [5.74, 6) is -0.344. The lowest BCUT2D eigenvalue weighted by Gasteiger charge is -2.13. The summed E-state index contributed by atoms with van der Waals surface area (Å²) in [5.41, 5.74) is 3.14. The number of H-pyrrole nitrogens is 1. The third kappa shape index (κ3) is 3.90. The van der Waals surface area contributed by atoms with E-state index in [1.807, 2.05) is 13.0 Å². The lowest BCUT2D eigenvalue weighted by molar-refractivity contribution is 0.0944. The molecule has 0 radical (unpaired) electrons. The SMILES string of the molecule is Cc1ccc(N[S+]([O-])c2cccc(C(=O)NCCO)c2)c2[nH]cc(C#N)c12. The van der Waals surface area contributed by atoms with Crippen LogP contribution in [0.5, 0.6) is 0 Å². The summed E-state index contributed by atoms with van der Waals surface area (Å²) in [6.45, 7) is 1.91. The number of anilines is 1. The van der Waals surface area contributed by atoms with Gasteiger partial charge < -0.3 is 20.0 Å². The van der Waals surface area contributed by atoms with Gasteiger partial charge in [-0.15, -0.1) is 0 Å². The Hall–Kier alpha value is -2.99. The van der Waals surface area contributed by atoms with Crippen molar-refractivity contribution in [2.75, 3.05) is 17.9 Å². The van der Waals surface area contributed by atoms with Crippen LogP contribution in [0.1, 0.15) is 21.5 Å². The molecule has 1 atom stereocenters. The number of carbonyl (C=O) groups is 1. The minimum Gasteiger partial charge on any atom is -0.588 e. The summed E-state index contributed by atoms with van der Waals surface area (Å²) < 4.78 is 15.7.